The molecule has 104 valence electrons. The fourth-order valence-electron chi connectivity index (χ4n) is 3.41. The van der Waals surface area contributed by atoms with Crippen molar-refractivity contribution >= 4 is 5.82 Å². The number of anilines is 1. The van der Waals surface area contributed by atoms with Crippen LogP contribution in [-0.4, -0.2) is 32.5 Å². The molecule has 2 bridgehead atoms. The summed E-state index contributed by atoms with van der Waals surface area (Å²) >= 11 is 0. The molecule has 2 aliphatic rings. The highest BCUT2D eigenvalue weighted by Gasteiger charge is 2.41. The summed E-state index contributed by atoms with van der Waals surface area (Å²) < 4.78 is 2.35. The van der Waals surface area contributed by atoms with Crippen molar-refractivity contribution in [3.63, 3.8) is 0 Å². The number of aromatic nitrogens is 3. The molecule has 2 unspecified atom stereocenters. The fraction of sp³-hybridized carbons (Fsp3) is 0.750. The molecule has 3 rings (SSSR count). The van der Waals surface area contributed by atoms with Crippen LogP contribution in [0, 0.1) is 0 Å². The van der Waals surface area contributed by atoms with Gasteiger partial charge in [-0.2, -0.15) is 0 Å². The molecular formula is C12H19N5O2. The van der Waals surface area contributed by atoms with Crippen LogP contribution < -0.4 is 21.9 Å². The minimum Gasteiger partial charge on any atom is -0.345 e. The maximum absolute atomic E-state index is 12.3. The molecule has 0 spiro atoms. The maximum Gasteiger partial charge on any atom is 0.346 e. The maximum atomic E-state index is 12.3. The van der Waals surface area contributed by atoms with Gasteiger partial charge in [0, 0.05) is 32.2 Å². The number of piperidine rings is 1. The van der Waals surface area contributed by atoms with E-state index in [-0.39, 0.29) is 23.7 Å². The molecule has 0 aliphatic carbocycles. The molecule has 0 saturated carbocycles. The van der Waals surface area contributed by atoms with Crippen molar-refractivity contribution in [2.45, 2.75) is 43.8 Å². The predicted molar refractivity (Wildman–Crippen MR) is 71.2 cm³/mol. The van der Waals surface area contributed by atoms with E-state index in [4.69, 9.17) is 5.73 Å². The Balaban J connectivity index is 2.09. The number of aryl methyl sites for hydroxylation is 1. The average molecular weight is 265 g/mol. The highest BCUT2D eigenvalue weighted by atomic mass is 16.2. The standard InChI is InChI=1S/C12H19N5O2/c1-15-11(18)10(14-16(2)12(15)19)17-8-3-4-9(17)6-7(13)5-8/h7-9H,3-6,13H2,1-2H3. The van der Waals surface area contributed by atoms with Gasteiger partial charge in [0.2, 0.25) is 5.82 Å². The normalized spacial score (nSPS) is 29.8. The quantitative estimate of drug-likeness (QED) is 0.699. The number of nitrogens with zero attached hydrogens (tertiary/aromatic N) is 4. The summed E-state index contributed by atoms with van der Waals surface area (Å²) in [6.07, 6.45) is 3.88. The van der Waals surface area contributed by atoms with Crippen molar-refractivity contribution in [2.24, 2.45) is 19.8 Å². The molecule has 2 N–H and O–H groups in total. The van der Waals surface area contributed by atoms with Gasteiger partial charge < -0.3 is 10.6 Å². The van der Waals surface area contributed by atoms with E-state index in [2.05, 4.69) is 10.00 Å². The summed E-state index contributed by atoms with van der Waals surface area (Å²) in [7, 11) is 3.07. The molecule has 0 aromatic carbocycles. The molecular weight excluding hydrogens is 246 g/mol. The lowest BCUT2D eigenvalue weighted by Crippen LogP contribution is -2.52. The Hall–Kier alpha value is -1.63. The highest BCUT2D eigenvalue weighted by Crippen LogP contribution is 2.36. The summed E-state index contributed by atoms with van der Waals surface area (Å²) in [6, 6.07) is 0.781. The van der Waals surface area contributed by atoms with Crippen LogP contribution in [0.25, 0.3) is 0 Å². The summed E-state index contributed by atoms with van der Waals surface area (Å²) in [5.74, 6) is 0.393. The number of nitrogens with two attached hydrogens (primary N) is 1. The average Bonchev–Trinajstić information content (AvgIpc) is 2.63. The van der Waals surface area contributed by atoms with Crippen molar-refractivity contribution < 1.29 is 0 Å². The molecule has 2 saturated heterocycles. The first-order valence-corrected chi connectivity index (χ1v) is 6.67. The molecule has 0 radical (unpaired) electrons. The molecule has 1 aromatic heterocycles. The Morgan fingerprint density at radius 3 is 2.32 bits per heavy atom. The van der Waals surface area contributed by atoms with E-state index in [1.807, 2.05) is 0 Å². The van der Waals surface area contributed by atoms with E-state index in [1.165, 1.54) is 11.7 Å². The summed E-state index contributed by atoms with van der Waals surface area (Å²) in [5, 5.41) is 4.18. The molecule has 0 amide bonds. The minimum atomic E-state index is -0.394. The first-order chi connectivity index (χ1) is 8.99. The third-order valence-electron chi connectivity index (χ3n) is 4.32. The van der Waals surface area contributed by atoms with E-state index in [0.717, 1.165) is 30.3 Å². The van der Waals surface area contributed by atoms with E-state index in [0.29, 0.717) is 5.82 Å². The molecule has 7 heteroatoms. The van der Waals surface area contributed by atoms with Crippen LogP contribution in [0.15, 0.2) is 9.59 Å². The van der Waals surface area contributed by atoms with Gasteiger partial charge in [0.15, 0.2) is 0 Å². The number of hydrogen-bond donors (Lipinski definition) is 1. The molecule has 7 nitrogen and oxygen atoms in total. The second kappa shape index (κ2) is 4.19. The first kappa shape index (κ1) is 12.4. The zero-order valence-corrected chi connectivity index (χ0v) is 11.2. The lowest BCUT2D eigenvalue weighted by molar-refractivity contribution is 0.405. The number of hydrogen-bond acceptors (Lipinski definition) is 5. The summed E-state index contributed by atoms with van der Waals surface area (Å²) in [6.45, 7) is 0. The largest absolute Gasteiger partial charge is 0.346 e. The zero-order chi connectivity index (χ0) is 13.7. The molecule has 3 heterocycles. The van der Waals surface area contributed by atoms with E-state index >= 15 is 0 Å². The predicted octanol–water partition coefficient (Wildman–Crippen LogP) is -1.06. The van der Waals surface area contributed by atoms with Crippen LogP contribution in [0.3, 0.4) is 0 Å². The van der Waals surface area contributed by atoms with Crippen molar-refractivity contribution in [3.8, 4) is 0 Å². The van der Waals surface area contributed by atoms with Crippen LogP contribution in [-0.2, 0) is 14.1 Å². The summed E-state index contributed by atoms with van der Waals surface area (Å²) in [4.78, 5) is 26.0. The monoisotopic (exact) mass is 265 g/mol. The van der Waals surface area contributed by atoms with Crippen LogP contribution >= 0.6 is 0 Å². The smallest absolute Gasteiger partial charge is 0.345 e. The van der Waals surface area contributed by atoms with Crippen molar-refractivity contribution in [1.29, 1.82) is 0 Å². The second-order valence-corrected chi connectivity index (χ2v) is 5.62. The van der Waals surface area contributed by atoms with Gasteiger partial charge in [-0.15, -0.1) is 5.10 Å². The van der Waals surface area contributed by atoms with Gasteiger partial charge in [-0.25, -0.2) is 9.48 Å². The molecule has 1 aromatic rings. The van der Waals surface area contributed by atoms with Crippen molar-refractivity contribution in [3.05, 3.63) is 20.8 Å². The Morgan fingerprint density at radius 1 is 1.16 bits per heavy atom. The Labute approximate surface area is 110 Å². The molecule has 2 fully saturated rings. The Kier molecular flexibility index (Phi) is 2.74. The topological polar surface area (TPSA) is 86.2 Å². The molecule has 19 heavy (non-hydrogen) atoms. The van der Waals surface area contributed by atoms with Gasteiger partial charge in [0.05, 0.1) is 0 Å². The van der Waals surface area contributed by atoms with E-state index in [9.17, 15) is 9.59 Å². The lowest BCUT2D eigenvalue weighted by Gasteiger charge is -2.38. The Bertz CT molecular complexity index is 606. The van der Waals surface area contributed by atoms with Crippen molar-refractivity contribution in [2.75, 3.05) is 4.90 Å². The van der Waals surface area contributed by atoms with Gasteiger partial charge in [0.1, 0.15) is 0 Å². The van der Waals surface area contributed by atoms with Gasteiger partial charge in [0.25, 0.3) is 5.56 Å². The van der Waals surface area contributed by atoms with Crippen LogP contribution in [0.2, 0.25) is 0 Å². The SMILES string of the molecule is Cn1nc(N2C3CCC2CC(N)C3)c(=O)n(C)c1=O. The number of fused-ring (bicyclic) bond motifs is 2. The summed E-state index contributed by atoms with van der Waals surface area (Å²) in [5.41, 5.74) is 5.33. The second-order valence-electron chi connectivity index (χ2n) is 5.62. The molecule has 2 atom stereocenters. The lowest BCUT2D eigenvalue weighted by atomic mass is 9.98. The van der Waals surface area contributed by atoms with Gasteiger partial charge >= 0.3 is 5.69 Å². The molecule has 2 aliphatic heterocycles. The Morgan fingerprint density at radius 2 is 1.74 bits per heavy atom. The van der Waals surface area contributed by atoms with E-state index in [1.54, 1.807) is 7.05 Å². The third kappa shape index (κ3) is 1.80. The number of rotatable bonds is 1. The van der Waals surface area contributed by atoms with Crippen LogP contribution in [0.1, 0.15) is 25.7 Å². The zero-order valence-electron chi connectivity index (χ0n) is 11.2. The van der Waals surface area contributed by atoms with Crippen LogP contribution in [0.4, 0.5) is 5.82 Å². The van der Waals surface area contributed by atoms with Crippen LogP contribution in [0.5, 0.6) is 0 Å². The third-order valence-corrected chi connectivity index (χ3v) is 4.32. The van der Waals surface area contributed by atoms with Gasteiger partial charge in [-0.05, 0) is 25.7 Å². The van der Waals surface area contributed by atoms with Crippen molar-refractivity contribution in [1.82, 2.24) is 14.3 Å². The fourth-order valence-corrected chi connectivity index (χ4v) is 3.41. The first-order valence-electron chi connectivity index (χ1n) is 6.67. The van der Waals surface area contributed by atoms with E-state index < -0.39 is 5.69 Å². The van der Waals surface area contributed by atoms with Gasteiger partial charge in [-0.3, -0.25) is 9.36 Å². The minimum absolute atomic E-state index is 0.213. The van der Waals surface area contributed by atoms with Gasteiger partial charge in [-0.1, -0.05) is 0 Å². The highest BCUT2D eigenvalue weighted by molar-refractivity contribution is 5.41.